The van der Waals surface area contributed by atoms with E-state index >= 15 is 0 Å². The third-order valence-electron chi connectivity index (χ3n) is 5.53. The maximum absolute atomic E-state index is 14.5. The molecule has 0 amide bonds. The Morgan fingerprint density at radius 3 is 1.32 bits per heavy atom. The molecular formula is C20H18F17N. The first-order chi connectivity index (χ1) is 16.5. The van der Waals surface area contributed by atoms with Gasteiger partial charge in [0.15, 0.2) is 0 Å². The summed E-state index contributed by atoms with van der Waals surface area (Å²) in [6.45, 7) is 4.48. The van der Waals surface area contributed by atoms with Crippen molar-refractivity contribution in [1.29, 1.82) is 0 Å². The topological polar surface area (TPSA) is 26.0 Å². The molecule has 2 N–H and O–H groups in total. The van der Waals surface area contributed by atoms with Crippen LogP contribution < -0.4 is 5.73 Å². The van der Waals surface area contributed by atoms with E-state index in [1.807, 2.05) is 0 Å². The van der Waals surface area contributed by atoms with E-state index in [9.17, 15) is 74.6 Å². The highest BCUT2D eigenvalue weighted by atomic mass is 19.4. The zero-order valence-electron chi connectivity index (χ0n) is 19.1. The highest BCUT2D eigenvalue weighted by Crippen LogP contribution is 2.65. The molecule has 1 aromatic carbocycles. The van der Waals surface area contributed by atoms with Crippen molar-refractivity contribution in [3.8, 4) is 0 Å². The van der Waals surface area contributed by atoms with Gasteiger partial charge in [-0.25, -0.2) is 0 Å². The molecule has 0 radical (unpaired) electrons. The highest BCUT2D eigenvalue weighted by Gasteiger charge is 2.95. The number of hydrogen-bond donors (Lipinski definition) is 1. The molecule has 222 valence electrons. The van der Waals surface area contributed by atoms with E-state index in [-0.39, 0.29) is 24.5 Å². The molecule has 1 rings (SSSR count). The summed E-state index contributed by atoms with van der Waals surface area (Å²) in [5.41, 5.74) is 2.43. The van der Waals surface area contributed by atoms with Gasteiger partial charge in [0.05, 0.1) is 0 Å². The molecule has 18 heteroatoms. The number of benzene rings is 1. The Bertz CT molecular complexity index is 994. The molecule has 1 atom stereocenters. The molecule has 0 aromatic heterocycles. The van der Waals surface area contributed by atoms with E-state index in [1.54, 1.807) is 13.8 Å². The number of nitrogens with two attached hydrogens (primary N) is 1. The molecule has 38 heavy (non-hydrogen) atoms. The third-order valence-corrected chi connectivity index (χ3v) is 5.53. The predicted octanol–water partition coefficient (Wildman–Crippen LogP) is 8.88. The Morgan fingerprint density at radius 1 is 0.579 bits per heavy atom. The summed E-state index contributed by atoms with van der Waals surface area (Å²) in [6.07, 6.45) is -7.68. The Kier molecular flexibility index (Phi) is 8.45. The standard InChI is InChI=1S/C20H18F17N/c1-8(2)6-9(3)11-7-10(4-5-12(11)38)13(21,22)14(23,24)15(25,26)16(27,28)17(29,30)18(31,32)19(33,34)20(35,36)37/h4-5,7-9H,6,38H2,1-3H3. The molecule has 0 spiro atoms. The van der Waals surface area contributed by atoms with Gasteiger partial charge >= 0.3 is 47.6 Å². The van der Waals surface area contributed by atoms with Gasteiger partial charge in [-0.3, -0.25) is 0 Å². The van der Waals surface area contributed by atoms with Gasteiger partial charge in [-0.05, 0) is 36.0 Å². The Morgan fingerprint density at radius 2 is 0.947 bits per heavy atom. The minimum Gasteiger partial charge on any atom is -0.398 e. The van der Waals surface area contributed by atoms with E-state index in [4.69, 9.17) is 5.73 Å². The molecule has 0 aliphatic rings. The monoisotopic (exact) mass is 595 g/mol. The molecule has 1 nitrogen and oxygen atoms in total. The fraction of sp³-hybridized carbons (Fsp3) is 0.700. The number of halogens is 17. The fourth-order valence-electron chi connectivity index (χ4n) is 3.38. The third kappa shape index (κ3) is 4.73. The lowest BCUT2D eigenvalue weighted by atomic mass is 9.85. The molecular weight excluding hydrogens is 577 g/mol. The maximum Gasteiger partial charge on any atom is 0.460 e. The SMILES string of the molecule is CC(C)CC(C)c1cc(C(F)(F)C(F)(F)C(F)(F)C(F)(F)C(F)(F)C(F)(F)C(F)(F)C(F)(F)F)ccc1N. The molecule has 0 bridgehead atoms. The largest absolute Gasteiger partial charge is 0.460 e. The average Bonchev–Trinajstić information content (AvgIpc) is 2.71. The number of hydrogen-bond acceptors (Lipinski definition) is 1. The van der Waals surface area contributed by atoms with Crippen LogP contribution in [-0.4, -0.2) is 41.7 Å². The second-order valence-electron chi connectivity index (χ2n) is 8.89. The van der Waals surface area contributed by atoms with Crippen LogP contribution in [0.15, 0.2) is 18.2 Å². The predicted molar refractivity (Wildman–Crippen MR) is 98.4 cm³/mol. The Hall–Kier alpha value is -2.17. The molecule has 0 aliphatic heterocycles. The van der Waals surface area contributed by atoms with E-state index < -0.39 is 70.4 Å². The summed E-state index contributed by atoms with van der Waals surface area (Å²) in [7, 11) is 0. The van der Waals surface area contributed by atoms with E-state index in [2.05, 4.69) is 0 Å². The number of anilines is 1. The Labute approximate surface area is 203 Å². The van der Waals surface area contributed by atoms with Crippen molar-refractivity contribution in [3.05, 3.63) is 29.3 Å². The van der Waals surface area contributed by atoms with Gasteiger partial charge < -0.3 is 5.73 Å². The quantitative estimate of drug-likeness (QED) is 0.212. The Balaban J connectivity index is 3.75. The fourth-order valence-corrected chi connectivity index (χ4v) is 3.38. The van der Waals surface area contributed by atoms with Crippen LogP contribution in [0.5, 0.6) is 0 Å². The smallest absolute Gasteiger partial charge is 0.398 e. The van der Waals surface area contributed by atoms with Crippen LogP contribution in [0.2, 0.25) is 0 Å². The number of rotatable bonds is 10. The van der Waals surface area contributed by atoms with Crippen molar-refractivity contribution in [2.75, 3.05) is 5.73 Å². The first-order valence-electron chi connectivity index (χ1n) is 10.1. The van der Waals surface area contributed by atoms with E-state index in [0.717, 1.165) is 0 Å². The maximum atomic E-state index is 14.5. The van der Waals surface area contributed by atoms with Crippen molar-refractivity contribution in [3.63, 3.8) is 0 Å². The van der Waals surface area contributed by atoms with Crippen molar-refractivity contribution in [2.24, 2.45) is 5.92 Å². The van der Waals surface area contributed by atoms with Crippen molar-refractivity contribution in [1.82, 2.24) is 0 Å². The van der Waals surface area contributed by atoms with Gasteiger partial charge in [-0.2, -0.15) is 74.6 Å². The summed E-state index contributed by atoms with van der Waals surface area (Å²) in [5.74, 6) is -57.8. The molecule has 0 heterocycles. The second kappa shape index (κ2) is 9.48. The lowest BCUT2D eigenvalue weighted by Crippen LogP contribution is -2.74. The first kappa shape index (κ1) is 33.9. The van der Waals surface area contributed by atoms with Crippen LogP contribution in [0.25, 0.3) is 0 Å². The van der Waals surface area contributed by atoms with Gasteiger partial charge in [0.2, 0.25) is 0 Å². The lowest BCUT2D eigenvalue weighted by Gasteiger charge is -2.42. The van der Waals surface area contributed by atoms with Crippen molar-refractivity contribution >= 4 is 5.69 Å². The average molecular weight is 595 g/mol. The molecule has 1 aromatic rings. The lowest BCUT2D eigenvalue weighted by molar-refractivity contribution is -0.462. The molecule has 1 unspecified atom stereocenters. The van der Waals surface area contributed by atoms with Crippen LogP contribution in [-0.2, 0) is 5.92 Å². The van der Waals surface area contributed by atoms with Crippen molar-refractivity contribution in [2.45, 2.75) is 80.7 Å². The minimum absolute atomic E-state index is 0.0229. The molecule has 0 saturated heterocycles. The van der Waals surface area contributed by atoms with Crippen LogP contribution in [0.4, 0.5) is 80.3 Å². The summed E-state index contributed by atoms with van der Waals surface area (Å²) in [5, 5.41) is 0. The normalized spacial score (nSPS) is 16.2. The molecule has 0 saturated carbocycles. The highest BCUT2D eigenvalue weighted by molar-refractivity contribution is 5.51. The van der Waals surface area contributed by atoms with Crippen molar-refractivity contribution < 1.29 is 74.6 Å². The zero-order chi connectivity index (χ0) is 30.7. The van der Waals surface area contributed by atoms with Gasteiger partial charge in [-0.15, -0.1) is 0 Å². The number of nitrogen functional groups attached to an aromatic ring is 1. The minimum atomic E-state index is -8.65. The van der Waals surface area contributed by atoms with Gasteiger partial charge in [0, 0.05) is 11.3 Å². The molecule has 0 aliphatic carbocycles. The van der Waals surface area contributed by atoms with Gasteiger partial charge in [0.1, 0.15) is 0 Å². The first-order valence-corrected chi connectivity index (χ1v) is 10.1. The van der Waals surface area contributed by atoms with Crippen LogP contribution in [0.1, 0.15) is 44.2 Å². The van der Waals surface area contributed by atoms with E-state index in [1.165, 1.54) is 6.92 Å². The number of alkyl halides is 17. The van der Waals surface area contributed by atoms with E-state index in [0.29, 0.717) is 6.07 Å². The van der Waals surface area contributed by atoms with Crippen LogP contribution in [0, 0.1) is 5.92 Å². The summed E-state index contributed by atoms with van der Waals surface area (Å²) < 4.78 is 229. The second-order valence-corrected chi connectivity index (χ2v) is 8.89. The summed E-state index contributed by atoms with van der Waals surface area (Å²) >= 11 is 0. The summed E-state index contributed by atoms with van der Waals surface area (Å²) in [4.78, 5) is 0. The van der Waals surface area contributed by atoms with Gasteiger partial charge in [0.25, 0.3) is 0 Å². The molecule has 0 fully saturated rings. The van der Waals surface area contributed by atoms with Crippen LogP contribution in [0.3, 0.4) is 0 Å². The van der Waals surface area contributed by atoms with Gasteiger partial charge in [-0.1, -0.05) is 26.8 Å². The zero-order valence-corrected chi connectivity index (χ0v) is 19.1. The summed E-state index contributed by atoms with van der Waals surface area (Å²) in [6, 6.07) is 0.330. The van der Waals surface area contributed by atoms with Crippen LogP contribution >= 0.6 is 0 Å².